The molecule has 0 fully saturated rings. The molecule has 0 spiro atoms. The van der Waals surface area contributed by atoms with Crippen molar-refractivity contribution in [3.05, 3.63) is 66.2 Å². The fourth-order valence-corrected chi connectivity index (χ4v) is 3.78. The normalized spacial score (nSPS) is 12.6. The fourth-order valence-electron chi connectivity index (χ4n) is 2.11. The molecule has 2 aromatic rings. The van der Waals surface area contributed by atoms with Gasteiger partial charge in [0.05, 0.1) is 4.90 Å². The molecule has 0 unspecified atom stereocenters. The minimum Gasteiger partial charge on any atom is -0.358 e. The van der Waals surface area contributed by atoms with Crippen molar-refractivity contribution in [3.63, 3.8) is 0 Å². The Morgan fingerprint density at radius 2 is 1.52 bits per heavy atom. The largest absolute Gasteiger partial charge is 0.358 e. The maximum absolute atomic E-state index is 12.7. The summed E-state index contributed by atoms with van der Waals surface area (Å²) in [5.74, 6) is -0.497. The third-order valence-corrected chi connectivity index (χ3v) is 5.31. The summed E-state index contributed by atoms with van der Waals surface area (Å²) in [6.45, 7) is 0. The summed E-state index contributed by atoms with van der Waals surface area (Å²) in [6.07, 6.45) is 0.151. The second kappa shape index (κ2) is 6.54. The van der Waals surface area contributed by atoms with E-state index in [1.807, 2.05) is 30.3 Å². The lowest BCUT2D eigenvalue weighted by atomic mass is 10.1. The van der Waals surface area contributed by atoms with Crippen molar-refractivity contribution in [3.8, 4) is 0 Å². The topological polar surface area (TPSA) is 63.2 Å². The molecule has 2 rings (SSSR count). The average molecular weight is 303 g/mol. The monoisotopic (exact) mass is 303 g/mol. The van der Waals surface area contributed by atoms with Crippen LogP contribution in [-0.4, -0.2) is 26.6 Å². The van der Waals surface area contributed by atoms with E-state index in [1.54, 1.807) is 18.2 Å². The molecule has 1 atom stereocenters. The molecule has 21 heavy (non-hydrogen) atoms. The summed E-state index contributed by atoms with van der Waals surface area (Å²) in [6, 6.07) is 17.2. The van der Waals surface area contributed by atoms with Gasteiger partial charge in [0.1, 0.15) is 5.25 Å². The van der Waals surface area contributed by atoms with E-state index in [0.717, 1.165) is 5.56 Å². The van der Waals surface area contributed by atoms with Gasteiger partial charge < -0.3 is 5.32 Å². The zero-order valence-corrected chi connectivity index (χ0v) is 12.5. The number of carbonyl (C=O) groups excluding carboxylic acids is 1. The molecule has 4 nitrogen and oxygen atoms in total. The average Bonchev–Trinajstić information content (AvgIpc) is 2.53. The number of sulfone groups is 1. The predicted octanol–water partition coefficient (Wildman–Crippen LogP) is 1.82. The molecular formula is C16H17NO3S. The van der Waals surface area contributed by atoms with Crippen LogP contribution in [-0.2, 0) is 21.1 Å². The number of amides is 1. The molecule has 0 saturated carbocycles. The molecule has 1 N–H and O–H groups in total. The van der Waals surface area contributed by atoms with Crippen LogP contribution < -0.4 is 5.32 Å². The van der Waals surface area contributed by atoms with Gasteiger partial charge in [0.15, 0.2) is 9.84 Å². The van der Waals surface area contributed by atoms with E-state index in [-0.39, 0.29) is 11.3 Å². The molecule has 1 amide bonds. The van der Waals surface area contributed by atoms with Crippen molar-refractivity contribution in [1.29, 1.82) is 0 Å². The van der Waals surface area contributed by atoms with Gasteiger partial charge in [-0.2, -0.15) is 0 Å². The highest BCUT2D eigenvalue weighted by Gasteiger charge is 2.33. The third kappa shape index (κ3) is 3.49. The van der Waals surface area contributed by atoms with Gasteiger partial charge in [-0.25, -0.2) is 8.42 Å². The van der Waals surface area contributed by atoms with Gasteiger partial charge in [0.25, 0.3) is 0 Å². The number of benzene rings is 2. The van der Waals surface area contributed by atoms with Gasteiger partial charge in [-0.05, 0) is 24.1 Å². The summed E-state index contributed by atoms with van der Waals surface area (Å²) in [7, 11) is -2.28. The van der Waals surface area contributed by atoms with Crippen LogP contribution in [0, 0.1) is 0 Å². The lowest BCUT2D eigenvalue weighted by Crippen LogP contribution is -2.39. The maximum Gasteiger partial charge on any atom is 0.238 e. The van der Waals surface area contributed by atoms with E-state index in [4.69, 9.17) is 0 Å². The lowest BCUT2D eigenvalue weighted by molar-refractivity contribution is -0.120. The van der Waals surface area contributed by atoms with E-state index < -0.39 is 21.0 Å². The van der Waals surface area contributed by atoms with Crippen LogP contribution in [0.1, 0.15) is 5.56 Å². The summed E-state index contributed by atoms with van der Waals surface area (Å²) in [5, 5.41) is 1.31. The molecule has 0 heterocycles. The number of nitrogens with one attached hydrogen (secondary N) is 1. The smallest absolute Gasteiger partial charge is 0.238 e. The van der Waals surface area contributed by atoms with Crippen molar-refractivity contribution < 1.29 is 13.2 Å². The Morgan fingerprint density at radius 1 is 1.00 bits per heavy atom. The Balaban J connectivity index is 2.39. The SMILES string of the molecule is CNC(=O)[C@H](Cc1ccccc1)S(=O)(=O)c1ccccc1. The second-order valence-electron chi connectivity index (χ2n) is 4.65. The molecule has 0 aliphatic carbocycles. The first kappa shape index (κ1) is 15.3. The molecular weight excluding hydrogens is 286 g/mol. The summed E-state index contributed by atoms with van der Waals surface area (Å²) in [4.78, 5) is 12.2. The van der Waals surface area contributed by atoms with Crippen molar-refractivity contribution in [2.24, 2.45) is 0 Å². The van der Waals surface area contributed by atoms with Crippen LogP contribution in [0.3, 0.4) is 0 Å². The molecule has 0 aliphatic rings. The van der Waals surface area contributed by atoms with Crippen LogP contribution in [0.2, 0.25) is 0 Å². The van der Waals surface area contributed by atoms with Gasteiger partial charge in [-0.15, -0.1) is 0 Å². The number of hydrogen-bond acceptors (Lipinski definition) is 3. The number of rotatable bonds is 5. The first-order valence-electron chi connectivity index (χ1n) is 6.60. The van der Waals surface area contributed by atoms with Crippen LogP contribution in [0.15, 0.2) is 65.6 Å². The zero-order valence-electron chi connectivity index (χ0n) is 11.7. The van der Waals surface area contributed by atoms with E-state index in [2.05, 4.69) is 5.32 Å². The Kier molecular flexibility index (Phi) is 4.75. The number of hydrogen-bond donors (Lipinski definition) is 1. The van der Waals surface area contributed by atoms with Crippen LogP contribution in [0.25, 0.3) is 0 Å². The second-order valence-corrected chi connectivity index (χ2v) is 6.78. The van der Waals surface area contributed by atoms with E-state index >= 15 is 0 Å². The first-order valence-corrected chi connectivity index (χ1v) is 8.15. The van der Waals surface area contributed by atoms with Crippen LogP contribution >= 0.6 is 0 Å². The van der Waals surface area contributed by atoms with Gasteiger partial charge in [-0.3, -0.25) is 4.79 Å². The molecule has 110 valence electrons. The Labute approximate surface area is 124 Å². The third-order valence-electron chi connectivity index (χ3n) is 3.25. The van der Waals surface area contributed by atoms with Crippen LogP contribution in [0.4, 0.5) is 0 Å². The molecule has 5 heteroatoms. The van der Waals surface area contributed by atoms with Crippen molar-refractivity contribution in [2.75, 3.05) is 7.05 Å². The highest BCUT2D eigenvalue weighted by Crippen LogP contribution is 2.19. The number of carbonyl (C=O) groups is 1. The molecule has 0 aliphatic heterocycles. The van der Waals surface area contributed by atoms with Gasteiger partial charge >= 0.3 is 0 Å². The summed E-state index contributed by atoms with van der Waals surface area (Å²) in [5.41, 5.74) is 0.811. The van der Waals surface area contributed by atoms with Crippen molar-refractivity contribution in [1.82, 2.24) is 5.32 Å². The van der Waals surface area contributed by atoms with E-state index in [1.165, 1.54) is 19.2 Å². The van der Waals surface area contributed by atoms with E-state index in [9.17, 15) is 13.2 Å². The van der Waals surface area contributed by atoms with Gasteiger partial charge in [-0.1, -0.05) is 48.5 Å². The van der Waals surface area contributed by atoms with Crippen molar-refractivity contribution >= 4 is 15.7 Å². The first-order chi connectivity index (χ1) is 10.1. The summed E-state index contributed by atoms with van der Waals surface area (Å²) >= 11 is 0. The molecule has 0 bridgehead atoms. The molecule has 0 saturated heterocycles. The lowest BCUT2D eigenvalue weighted by Gasteiger charge is -2.16. The predicted molar refractivity (Wildman–Crippen MR) is 81.6 cm³/mol. The minimum absolute atomic E-state index is 0.151. The molecule has 0 aromatic heterocycles. The quantitative estimate of drug-likeness (QED) is 0.916. The fraction of sp³-hybridized carbons (Fsp3) is 0.188. The highest BCUT2D eigenvalue weighted by atomic mass is 32.2. The van der Waals surface area contributed by atoms with E-state index in [0.29, 0.717) is 0 Å². The van der Waals surface area contributed by atoms with Gasteiger partial charge in [0, 0.05) is 7.05 Å². The Hall–Kier alpha value is -2.14. The summed E-state index contributed by atoms with van der Waals surface area (Å²) < 4.78 is 25.4. The maximum atomic E-state index is 12.7. The van der Waals surface area contributed by atoms with Crippen molar-refractivity contribution in [2.45, 2.75) is 16.6 Å². The Morgan fingerprint density at radius 3 is 2.05 bits per heavy atom. The molecule has 0 radical (unpaired) electrons. The van der Waals surface area contributed by atoms with Gasteiger partial charge in [0.2, 0.25) is 5.91 Å². The standard InChI is InChI=1S/C16H17NO3S/c1-17-16(18)15(12-13-8-4-2-5-9-13)21(19,20)14-10-6-3-7-11-14/h2-11,15H,12H2,1H3,(H,17,18)/t15-/m0/s1. The minimum atomic E-state index is -3.72. The Bertz CT molecular complexity index is 697. The van der Waals surface area contributed by atoms with Crippen LogP contribution in [0.5, 0.6) is 0 Å². The molecule has 2 aromatic carbocycles. The zero-order chi connectivity index (χ0) is 15.3. The highest BCUT2D eigenvalue weighted by molar-refractivity contribution is 7.92.